The van der Waals surface area contributed by atoms with Crippen LogP contribution in [-0.2, 0) is 104 Å². The maximum atomic E-state index is 12.5. The van der Waals surface area contributed by atoms with Crippen molar-refractivity contribution in [3.8, 4) is 0 Å². The Kier molecular flexibility index (Phi) is 26.2. The zero-order valence-corrected chi connectivity index (χ0v) is 66.8. The number of nitrogens with zero attached hydrogens (tertiary/aromatic N) is 4. The number of Topliss-reactive ketones (excluding diaryl/α,β-unsaturated/α-hetero) is 1. The lowest BCUT2D eigenvalue weighted by molar-refractivity contribution is -0.391. The van der Waals surface area contributed by atoms with Gasteiger partial charge in [0.05, 0.1) is 107 Å². The van der Waals surface area contributed by atoms with E-state index < -0.39 is 114 Å². The average molecular weight is 1730 g/mol. The van der Waals surface area contributed by atoms with Crippen molar-refractivity contribution in [2.75, 3.05) is 117 Å². The first-order valence-electron chi connectivity index (χ1n) is 37.7. The molecule has 118 heavy (non-hydrogen) atoms. The first-order valence-corrected chi connectivity index (χ1v) is 42.1. The highest BCUT2D eigenvalue weighted by molar-refractivity contribution is 8.24. The Hall–Kier alpha value is -8.57. The number of aliphatic hydroxyl groups excluding tert-OH is 2. The van der Waals surface area contributed by atoms with E-state index in [0.29, 0.717) is 88.4 Å². The molecule has 0 radical (unpaired) electrons. The van der Waals surface area contributed by atoms with E-state index in [2.05, 4.69) is 98.1 Å². The molecule has 41 nitrogen and oxygen atoms in total. The largest absolute Gasteiger partial charge is 1.00 e. The molecule has 45 heteroatoms. The number of nitrogens with two attached hydrogens (primary N) is 7. The quantitative estimate of drug-likeness (QED) is 0.106. The summed E-state index contributed by atoms with van der Waals surface area (Å²) >= 11 is 13.8. The van der Waals surface area contributed by atoms with E-state index in [1.54, 1.807) is 0 Å². The van der Waals surface area contributed by atoms with E-state index in [-0.39, 0.29) is 121 Å². The van der Waals surface area contributed by atoms with Crippen LogP contribution in [0.15, 0.2) is 110 Å². The molecule has 638 valence electrons. The predicted molar refractivity (Wildman–Crippen MR) is 423 cm³/mol. The SMILES string of the molecule is CC1O[C@@H]2COC(c3ccccc3)O[C@@H]2C2(OCCO2)C1C.C[C@@H]1O[C@@H]2COC(c3ccccc3)O[C@@H]2C2(OCCO2)[C@@H]1Cc1c(N)nc(N)[nH]c1=O.Nc1nc(N)c(N)c(=O)[nH]1.Nc1nc2c(c(=O)[nH]1)C[C@@H]1[C@H](N2)O[C@@H]2COC(c3ccccc3)O[C@@H]2C12OCCO2.Nc1nc2c(c(=O)[nH]1)C[C@H]1C(=O)[C@@H](O)[C@@H](CO)O[C@H]1N2.O=P(Cl)(Cl)Cl.[H+]. The lowest BCUT2D eigenvalue weighted by Crippen LogP contribution is -2.70. The molecule has 19 rings (SSSR count). The Labute approximate surface area is 686 Å². The number of anilines is 9. The monoisotopic (exact) mass is 1730 g/mol. The summed E-state index contributed by atoms with van der Waals surface area (Å²) in [6.07, 6.45) is -6.98. The average Bonchev–Trinajstić information content (AvgIpc) is 1.69. The van der Waals surface area contributed by atoms with Crippen molar-refractivity contribution >= 4 is 97.5 Å². The number of ketones is 1. The number of hydrogen-bond acceptors (Lipinski definition) is 37. The highest BCUT2D eigenvalue weighted by atomic mass is 36.0. The second-order valence-corrected chi connectivity index (χ2v) is 35.8. The number of rotatable bonds is 6. The maximum Gasteiger partial charge on any atom is 1.00 e. The summed E-state index contributed by atoms with van der Waals surface area (Å²) in [6.45, 7) is 9.64. The molecular formula is C73H92Cl3N17O24P+. The van der Waals surface area contributed by atoms with Gasteiger partial charge in [-0.1, -0.05) is 97.9 Å². The first-order chi connectivity index (χ1) is 56.4. The van der Waals surface area contributed by atoms with Crippen LogP contribution in [0.25, 0.3) is 0 Å². The molecule has 5 unspecified atom stereocenters. The van der Waals surface area contributed by atoms with Gasteiger partial charge >= 0.3 is 6.63 Å². The lowest BCUT2D eigenvalue weighted by Gasteiger charge is -2.55. The molecule has 0 amide bonds. The van der Waals surface area contributed by atoms with Gasteiger partial charge in [-0.2, -0.15) is 19.9 Å². The number of H-pyrrole nitrogens is 4. The molecule has 3 spiro atoms. The van der Waals surface area contributed by atoms with Gasteiger partial charge in [-0.15, -0.1) is 0 Å². The fraction of sp³-hybridized carbons (Fsp3) is 0.521. The minimum atomic E-state index is -3.22. The normalized spacial score (nSPS) is 31.4. The molecule has 19 atom stereocenters. The van der Waals surface area contributed by atoms with Crippen LogP contribution in [0, 0.1) is 23.7 Å². The molecule has 12 aliphatic heterocycles. The van der Waals surface area contributed by atoms with Crippen molar-refractivity contribution in [3.05, 3.63) is 166 Å². The Morgan fingerprint density at radius 1 is 0.492 bits per heavy atom. The molecule has 10 fully saturated rings. The predicted octanol–water partition coefficient (Wildman–Crippen LogP) is 2.55. The van der Waals surface area contributed by atoms with Gasteiger partial charge in [0.15, 0.2) is 30.5 Å². The zero-order chi connectivity index (χ0) is 83.7. The Morgan fingerprint density at radius 3 is 1.36 bits per heavy atom. The van der Waals surface area contributed by atoms with Crippen LogP contribution in [0.1, 0.15) is 74.4 Å². The number of halogens is 3. The van der Waals surface area contributed by atoms with E-state index >= 15 is 0 Å². The summed E-state index contributed by atoms with van der Waals surface area (Å²) in [7, 11) is 0. The van der Waals surface area contributed by atoms with Gasteiger partial charge in [-0.25, -0.2) is 0 Å². The van der Waals surface area contributed by atoms with E-state index in [1.165, 1.54) is 0 Å². The number of hydrogen-bond donors (Lipinski definition) is 15. The van der Waals surface area contributed by atoms with Gasteiger partial charge in [0, 0.05) is 28.5 Å². The topological polar surface area (TPSA) is 611 Å². The summed E-state index contributed by atoms with van der Waals surface area (Å²) in [5.41, 5.74) is 40.5. The number of aromatic nitrogens is 8. The van der Waals surface area contributed by atoms with Crippen molar-refractivity contribution < 1.29 is 96.8 Å². The second-order valence-electron chi connectivity index (χ2n) is 29.2. The van der Waals surface area contributed by atoms with E-state index in [1.807, 2.05) is 97.9 Å². The molecule has 12 aliphatic rings. The van der Waals surface area contributed by atoms with Crippen LogP contribution in [0.3, 0.4) is 0 Å². The smallest absolute Gasteiger partial charge is 0.394 e. The minimum Gasteiger partial charge on any atom is -0.394 e. The number of aromatic amines is 4. The maximum absolute atomic E-state index is 12.5. The molecule has 16 heterocycles. The second kappa shape index (κ2) is 36.0. The number of benzene rings is 3. The van der Waals surface area contributed by atoms with Crippen molar-refractivity contribution in [1.29, 1.82) is 0 Å². The van der Waals surface area contributed by atoms with Gasteiger partial charge in [-0.05, 0) is 66.8 Å². The first kappa shape index (κ1) is 85.8. The van der Waals surface area contributed by atoms with Crippen LogP contribution < -0.4 is 73.0 Å². The van der Waals surface area contributed by atoms with E-state index in [9.17, 15) is 33.6 Å². The number of nitrogens with one attached hydrogen (secondary N) is 6. The number of fused-ring (bicyclic) bond motifs is 11. The fourth-order valence-corrected chi connectivity index (χ4v) is 16.4. The summed E-state index contributed by atoms with van der Waals surface area (Å²) in [4.78, 5) is 84.9. The van der Waals surface area contributed by atoms with Crippen LogP contribution in [0.4, 0.5) is 52.8 Å². The van der Waals surface area contributed by atoms with Crippen molar-refractivity contribution in [1.82, 2.24) is 39.9 Å². The third-order valence-corrected chi connectivity index (χ3v) is 21.9. The molecule has 3 aromatic carbocycles. The summed E-state index contributed by atoms with van der Waals surface area (Å²) in [5, 5.41) is 21.7. The van der Waals surface area contributed by atoms with Gasteiger partial charge in [-0.3, -0.25) is 48.5 Å². The van der Waals surface area contributed by atoms with Crippen molar-refractivity contribution in [3.63, 3.8) is 0 Å². The third kappa shape index (κ3) is 18.1. The van der Waals surface area contributed by atoms with E-state index in [0.717, 1.165) is 16.7 Å². The van der Waals surface area contributed by atoms with Gasteiger partial charge in [0.25, 0.3) is 22.2 Å². The summed E-state index contributed by atoms with van der Waals surface area (Å²) in [6, 6.07) is 29.3. The minimum absolute atomic E-state index is 0. The standard InChI is InChI=1S/C21H26N4O6.C20H22N4O6.C17H22O5.C11H14N4O5.C4H7N5O.Cl3OP/c1-11-14(9-13-17(22)24-20(23)25-18(13)26)21(28-7-8-29-21)16-15(30-11)10-27-19(31-16)12-5-3-2-4-6-12;21-19-23-15-11(16(25)24-19)8-12-17(22-15)29-13-9-26-18(10-4-2-1-3-5-10)30-14(13)20(12)27-6-7-28-20;1-11-12(2)21-14-10-18-16(13-6-4-3-5-7-13)22-15(14)17(11)19-8-9-20-17;12-11-14-8-4(9(19)15-11)1-3-6(17)7(18)5(2-16)20-10(3)13-8;5-1-2(6)8-4(7)9-3(1)10;1-5(2,3)4/h2-6,11,14-16,19H,7-10H2,1H3,(H5,22,23,24,25,26);1-5,12-14,17-18H,6-9H2,(H4,21,22,23,24,25);3-7,11-12,14-16H,8-10H2,1-2H3;3,5,7,10,16,18H,1-2H2,(H4,12,13,14,15,19);5H2,(H5,6,7,8,9,10);/p+1/t11-,14+,15+,16-,19?;12-,13-,14+,17-,18?;11?,12?,14-,15+,16?;3-,5+,7-,10+;;/m0110../s1. The zero-order valence-electron chi connectivity index (χ0n) is 64.6. The molecule has 22 N–H and O–H groups in total. The van der Waals surface area contributed by atoms with Crippen LogP contribution >= 0.6 is 38.9 Å². The molecule has 4 aromatic heterocycles. The van der Waals surface area contributed by atoms with Gasteiger partial charge < -0.3 is 137 Å². The van der Waals surface area contributed by atoms with Crippen LogP contribution in [0.2, 0.25) is 0 Å². The Morgan fingerprint density at radius 2 is 0.890 bits per heavy atom. The van der Waals surface area contributed by atoms with Gasteiger partial charge in [0.1, 0.15) is 84.4 Å². The van der Waals surface area contributed by atoms with Gasteiger partial charge in [0.2, 0.25) is 41.2 Å². The Bertz CT molecular complexity index is 4980. The third-order valence-electron chi connectivity index (χ3n) is 21.9. The highest BCUT2D eigenvalue weighted by Crippen LogP contribution is 2.61. The number of nitrogen functional groups attached to an aromatic ring is 7. The van der Waals surface area contributed by atoms with Crippen LogP contribution in [0.5, 0.6) is 0 Å². The molecule has 7 aromatic rings. The van der Waals surface area contributed by atoms with E-state index in [4.69, 9.17) is 121 Å². The molecule has 10 saturated heterocycles. The Balaban J connectivity index is 0.000000131. The number of ether oxygens (including phenoxy) is 16. The fourth-order valence-electron chi connectivity index (χ4n) is 16.4. The number of carbonyl (C=O) groups excluding carboxylic acids is 1. The molecule has 0 aliphatic carbocycles. The number of carbonyl (C=O) groups is 1. The molecule has 0 saturated carbocycles. The van der Waals surface area contributed by atoms with Crippen molar-refractivity contribution in [2.45, 2.75) is 150 Å². The summed E-state index contributed by atoms with van der Waals surface area (Å²) < 4.78 is 107. The number of aliphatic hydroxyl groups is 2. The van der Waals surface area contributed by atoms with Crippen molar-refractivity contribution in [2.24, 2.45) is 23.7 Å². The summed E-state index contributed by atoms with van der Waals surface area (Å²) in [5.74, 6) is -3.94. The molecule has 0 bridgehead atoms. The highest BCUT2D eigenvalue weighted by Gasteiger charge is 2.66. The van der Waals surface area contributed by atoms with Crippen LogP contribution in [-0.4, -0.2) is 213 Å². The lowest BCUT2D eigenvalue weighted by atomic mass is 9.79. The molecular weight excluding hydrogens is 1640 g/mol.